The third kappa shape index (κ3) is 4.63. The number of nitrogens with one attached hydrogen (secondary N) is 2. The van der Waals surface area contributed by atoms with E-state index in [0.717, 1.165) is 44.1 Å². The molecular formula is C20H21F2N3O3S. The Morgan fingerprint density at radius 3 is 2.55 bits per heavy atom. The molecule has 9 heteroatoms. The fourth-order valence-corrected chi connectivity index (χ4v) is 4.24. The molecule has 6 nitrogen and oxygen atoms in total. The molecule has 0 spiro atoms. The van der Waals surface area contributed by atoms with Crippen molar-refractivity contribution in [3.8, 4) is 0 Å². The minimum Gasteiger partial charge on any atom is -0.370 e. The highest BCUT2D eigenvalue weighted by Gasteiger charge is 2.23. The van der Waals surface area contributed by atoms with Crippen LogP contribution in [0.25, 0.3) is 0 Å². The van der Waals surface area contributed by atoms with Crippen LogP contribution in [0.2, 0.25) is 0 Å². The molecule has 29 heavy (non-hydrogen) atoms. The maximum atomic E-state index is 14.4. The van der Waals surface area contributed by atoms with E-state index in [1.54, 1.807) is 12.1 Å². The fraction of sp³-hybridized carbons (Fsp3) is 0.250. The summed E-state index contributed by atoms with van der Waals surface area (Å²) in [5, 5.41) is 2.50. The number of sulfonamides is 1. The van der Waals surface area contributed by atoms with Crippen LogP contribution < -0.4 is 14.9 Å². The van der Waals surface area contributed by atoms with Crippen LogP contribution in [-0.2, 0) is 10.0 Å². The first-order valence-corrected chi connectivity index (χ1v) is 10.6. The number of halogens is 2. The van der Waals surface area contributed by atoms with Crippen molar-refractivity contribution >= 4 is 27.3 Å². The molecule has 154 valence electrons. The van der Waals surface area contributed by atoms with E-state index in [-0.39, 0.29) is 17.8 Å². The summed E-state index contributed by atoms with van der Waals surface area (Å²) < 4.78 is 55.1. The highest BCUT2D eigenvalue weighted by Crippen LogP contribution is 2.31. The third-order valence-corrected chi connectivity index (χ3v) is 6.02. The van der Waals surface area contributed by atoms with Gasteiger partial charge in [-0.15, -0.1) is 6.58 Å². The quantitative estimate of drug-likeness (QED) is 0.673. The number of hydrogen-bond acceptors (Lipinski definition) is 4. The minimum absolute atomic E-state index is 0.0120. The van der Waals surface area contributed by atoms with E-state index < -0.39 is 32.5 Å². The van der Waals surface area contributed by atoms with E-state index >= 15 is 0 Å². The fourth-order valence-electron chi connectivity index (χ4n) is 3.14. The summed E-state index contributed by atoms with van der Waals surface area (Å²) in [6, 6.07) is 7.46. The lowest BCUT2D eigenvalue weighted by Crippen LogP contribution is -2.25. The normalized spacial score (nSPS) is 14.1. The van der Waals surface area contributed by atoms with Gasteiger partial charge in [0.05, 0.1) is 5.69 Å². The van der Waals surface area contributed by atoms with Crippen molar-refractivity contribution in [1.82, 2.24) is 4.72 Å². The largest absolute Gasteiger partial charge is 0.370 e. The second-order valence-electron chi connectivity index (χ2n) is 6.57. The first kappa shape index (κ1) is 20.9. The molecule has 2 N–H and O–H groups in total. The average molecular weight is 421 g/mol. The zero-order valence-electron chi connectivity index (χ0n) is 15.6. The predicted molar refractivity (Wildman–Crippen MR) is 108 cm³/mol. The summed E-state index contributed by atoms with van der Waals surface area (Å²) in [5.74, 6) is -2.34. The lowest BCUT2D eigenvalue weighted by atomic mass is 10.2. The van der Waals surface area contributed by atoms with Crippen molar-refractivity contribution in [2.24, 2.45) is 0 Å². The Bertz CT molecular complexity index is 1040. The average Bonchev–Trinajstić information content (AvgIpc) is 3.22. The number of hydrogen-bond donors (Lipinski definition) is 2. The Hall–Kier alpha value is -2.78. The van der Waals surface area contributed by atoms with E-state index in [2.05, 4.69) is 16.6 Å². The molecular weight excluding hydrogens is 400 g/mol. The van der Waals surface area contributed by atoms with Crippen molar-refractivity contribution in [3.63, 3.8) is 0 Å². The van der Waals surface area contributed by atoms with Gasteiger partial charge in [0, 0.05) is 25.2 Å². The molecule has 1 saturated heterocycles. The molecule has 0 bridgehead atoms. The van der Waals surface area contributed by atoms with Crippen LogP contribution in [0, 0.1) is 11.6 Å². The van der Waals surface area contributed by atoms with Crippen molar-refractivity contribution in [3.05, 3.63) is 66.3 Å². The molecule has 0 aromatic heterocycles. The summed E-state index contributed by atoms with van der Waals surface area (Å²) in [4.78, 5) is 14.0. The number of anilines is 2. The lowest BCUT2D eigenvalue weighted by Gasteiger charge is -2.22. The standard InChI is InChI=1S/C20H21F2N3O3S/c1-2-10-23-29(27,28)18-13-14(8-9-15(18)21)20(26)24-19-16(22)6-5-7-17(19)25-11-3-4-12-25/h2,5-9,13,23H,1,3-4,10-12H2,(H,24,26). The summed E-state index contributed by atoms with van der Waals surface area (Å²) in [7, 11) is -4.17. The first-order chi connectivity index (χ1) is 13.8. The van der Waals surface area contributed by atoms with Gasteiger partial charge in [0.2, 0.25) is 10.0 Å². The van der Waals surface area contributed by atoms with Crippen LogP contribution >= 0.6 is 0 Å². The minimum atomic E-state index is -4.17. The van der Waals surface area contributed by atoms with E-state index in [0.29, 0.717) is 5.69 Å². The zero-order valence-corrected chi connectivity index (χ0v) is 16.4. The van der Waals surface area contributed by atoms with Gasteiger partial charge in [-0.05, 0) is 43.2 Å². The second-order valence-corrected chi connectivity index (χ2v) is 8.30. The molecule has 3 rings (SSSR count). The monoisotopic (exact) mass is 421 g/mol. The predicted octanol–water partition coefficient (Wildman–Crippen LogP) is 3.28. The van der Waals surface area contributed by atoms with Crippen molar-refractivity contribution < 1.29 is 22.0 Å². The highest BCUT2D eigenvalue weighted by molar-refractivity contribution is 7.89. The number of benzene rings is 2. The molecule has 2 aromatic rings. The first-order valence-electron chi connectivity index (χ1n) is 9.08. The van der Waals surface area contributed by atoms with Crippen molar-refractivity contribution in [2.75, 3.05) is 29.9 Å². The van der Waals surface area contributed by atoms with Gasteiger partial charge in [-0.1, -0.05) is 12.1 Å². The topological polar surface area (TPSA) is 78.5 Å². The Morgan fingerprint density at radius 1 is 1.14 bits per heavy atom. The molecule has 0 unspecified atom stereocenters. The van der Waals surface area contributed by atoms with Gasteiger partial charge in [-0.2, -0.15) is 0 Å². The van der Waals surface area contributed by atoms with Gasteiger partial charge in [0.15, 0.2) is 0 Å². The molecule has 0 aliphatic carbocycles. The Balaban J connectivity index is 1.91. The Morgan fingerprint density at radius 2 is 1.86 bits per heavy atom. The van der Waals surface area contributed by atoms with Crippen LogP contribution in [-0.4, -0.2) is 34.0 Å². The Labute approximate surface area is 168 Å². The van der Waals surface area contributed by atoms with Crippen LogP contribution in [0.5, 0.6) is 0 Å². The number of rotatable bonds is 7. The molecule has 0 radical (unpaired) electrons. The van der Waals surface area contributed by atoms with Crippen LogP contribution in [0.1, 0.15) is 23.2 Å². The van der Waals surface area contributed by atoms with Crippen LogP contribution in [0.15, 0.2) is 53.9 Å². The maximum Gasteiger partial charge on any atom is 0.255 e. The lowest BCUT2D eigenvalue weighted by molar-refractivity contribution is 0.102. The molecule has 0 saturated carbocycles. The van der Waals surface area contributed by atoms with Gasteiger partial charge >= 0.3 is 0 Å². The number of amides is 1. The summed E-state index contributed by atoms with van der Waals surface area (Å²) in [6.07, 6.45) is 3.26. The smallest absolute Gasteiger partial charge is 0.255 e. The number of carbonyl (C=O) groups is 1. The van der Waals surface area contributed by atoms with Gasteiger partial charge in [-0.25, -0.2) is 21.9 Å². The van der Waals surface area contributed by atoms with E-state index in [9.17, 15) is 22.0 Å². The van der Waals surface area contributed by atoms with Gasteiger partial charge in [-0.3, -0.25) is 4.79 Å². The van der Waals surface area contributed by atoms with Gasteiger partial charge in [0.25, 0.3) is 5.91 Å². The molecule has 1 fully saturated rings. The molecule has 0 atom stereocenters. The molecule has 1 aliphatic heterocycles. The SMILES string of the molecule is C=CCNS(=O)(=O)c1cc(C(=O)Nc2c(F)cccc2N2CCCC2)ccc1F. The number of para-hydroxylation sites is 1. The summed E-state index contributed by atoms with van der Waals surface area (Å²) in [5.41, 5.74) is 0.456. The van der Waals surface area contributed by atoms with Crippen LogP contribution in [0.4, 0.5) is 20.2 Å². The van der Waals surface area contributed by atoms with Crippen molar-refractivity contribution in [1.29, 1.82) is 0 Å². The van der Waals surface area contributed by atoms with Crippen molar-refractivity contribution in [2.45, 2.75) is 17.7 Å². The second kappa shape index (κ2) is 8.71. The molecule has 1 amide bonds. The molecule has 2 aromatic carbocycles. The number of carbonyl (C=O) groups excluding carboxylic acids is 1. The molecule has 1 aliphatic rings. The highest BCUT2D eigenvalue weighted by atomic mass is 32.2. The zero-order chi connectivity index (χ0) is 21.0. The third-order valence-electron chi connectivity index (χ3n) is 4.58. The van der Waals surface area contributed by atoms with E-state index in [1.807, 2.05) is 4.90 Å². The summed E-state index contributed by atoms with van der Waals surface area (Å²) >= 11 is 0. The maximum absolute atomic E-state index is 14.4. The molecule has 1 heterocycles. The Kier molecular flexibility index (Phi) is 6.29. The van der Waals surface area contributed by atoms with Crippen LogP contribution in [0.3, 0.4) is 0 Å². The summed E-state index contributed by atoms with van der Waals surface area (Å²) in [6.45, 7) is 4.81. The van der Waals surface area contributed by atoms with E-state index in [4.69, 9.17) is 0 Å². The van der Waals surface area contributed by atoms with E-state index in [1.165, 1.54) is 12.1 Å². The van der Waals surface area contributed by atoms with Gasteiger partial charge in [0.1, 0.15) is 22.2 Å². The number of nitrogens with zero attached hydrogens (tertiary/aromatic N) is 1. The van der Waals surface area contributed by atoms with Gasteiger partial charge < -0.3 is 10.2 Å².